The number of sulfonamides is 1. The Hall–Kier alpha value is -5.10. The molecule has 1 unspecified atom stereocenters. The fourth-order valence-electron chi connectivity index (χ4n) is 5.29. The number of ether oxygens (including phenoxy) is 3. The van der Waals surface area contributed by atoms with Crippen molar-refractivity contribution in [2.75, 3.05) is 38.2 Å². The van der Waals surface area contributed by atoms with Gasteiger partial charge in [-0.05, 0) is 60.9 Å². The van der Waals surface area contributed by atoms with Gasteiger partial charge in [-0.15, -0.1) is 0 Å². The molecule has 0 aromatic heterocycles. The lowest BCUT2D eigenvalue weighted by atomic mass is 10.0. The van der Waals surface area contributed by atoms with Crippen molar-refractivity contribution in [3.63, 3.8) is 0 Å². The summed E-state index contributed by atoms with van der Waals surface area (Å²) in [6, 6.07) is 24.5. The van der Waals surface area contributed by atoms with Gasteiger partial charge in [-0.25, -0.2) is 12.8 Å². The summed E-state index contributed by atoms with van der Waals surface area (Å²) in [7, 11) is -1.61. The van der Waals surface area contributed by atoms with Crippen LogP contribution in [0, 0.1) is 11.7 Å². The Labute approximate surface area is 293 Å². The number of carbonyl (C=O) groups is 2. The molecule has 0 heterocycles. The van der Waals surface area contributed by atoms with Crippen LogP contribution in [0.1, 0.15) is 31.9 Å². The van der Waals surface area contributed by atoms with Crippen molar-refractivity contribution in [3.8, 4) is 17.2 Å². The quantitative estimate of drug-likeness (QED) is 0.147. The molecule has 0 radical (unpaired) electrons. The molecule has 0 aliphatic rings. The molecule has 0 bridgehead atoms. The van der Waals surface area contributed by atoms with Gasteiger partial charge in [0.25, 0.3) is 10.0 Å². The van der Waals surface area contributed by atoms with Crippen molar-refractivity contribution in [3.05, 3.63) is 114 Å². The number of methoxy groups -OCH3 is 2. The number of hydrogen-bond acceptors (Lipinski definition) is 7. The van der Waals surface area contributed by atoms with Crippen molar-refractivity contribution >= 4 is 27.5 Å². The average Bonchev–Trinajstić information content (AvgIpc) is 3.12. The van der Waals surface area contributed by atoms with Crippen molar-refractivity contribution < 1.29 is 36.6 Å². The Kier molecular flexibility index (Phi) is 13.2. The molecule has 0 aliphatic heterocycles. The van der Waals surface area contributed by atoms with Crippen molar-refractivity contribution in [1.82, 2.24) is 10.2 Å². The molecule has 266 valence electrons. The van der Waals surface area contributed by atoms with Crippen LogP contribution in [0.25, 0.3) is 0 Å². The van der Waals surface area contributed by atoms with Crippen LogP contribution in [0.4, 0.5) is 10.1 Å². The van der Waals surface area contributed by atoms with Crippen LogP contribution in [0.3, 0.4) is 0 Å². The van der Waals surface area contributed by atoms with Crippen LogP contribution < -0.4 is 23.8 Å². The van der Waals surface area contributed by atoms with Crippen LogP contribution in [0.5, 0.6) is 17.2 Å². The number of anilines is 1. The van der Waals surface area contributed by atoms with Crippen molar-refractivity contribution in [1.29, 1.82) is 0 Å². The minimum atomic E-state index is -4.44. The molecule has 2 amide bonds. The van der Waals surface area contributed by atoms with Gasteiger partial charge in [0, 0.05) is 31.1 Å². The molecule has 4 aromatic carbocycles. The van der Waals surface area contributed by atoms with E-state index in [4.69, 9.17) is 14.2 Å². The summed E-state index contributed by atoms with van der Waals surface area (Å²) in [6.07, 6.45) is 0.108. The van der Waals surface area contributed by atoms with E-state index >= 15 is 4.39 Å². The first-order chi connectivity index (χ1) is 24.0. The standard InChI is InChI=1S/C38H44FN3O7S/c1-6-49-31-18-16-30(17-19-31)42(50(45,46)32-20-21-35(47-4)36(23-32)48-5)26-37(43)41(25-29-14-10-11-15-33(29)39)34(38(44)40-24-27(2)3)22-28-12-8-7-9-13-28/h7-21,23,27,34H,6,22,24-26H2,1-5H3,(H,40,44). The van der Waals surface area contributed by atoms with E-state index in [-0.39, 0.29) is 40.8 Å². The Balaban J connectivity index is 1.84. The number of carbonyl (C=O) groups excluding carboxylic acids is 2. The van der Waals surface area contributed by atoms with E-state index in [1.165, 1.54) is 67.7 Å². The second kappa shape index (κ2) is 17.5. The smallest absolute Gasteiger partial charge is 0.264 e. The van der Waals surface area contributed by atoms with Gasteiger partial charge in [-0.2, -0.15) is 0 Å². The maximum atomic E-state index is 15.2. The van der Waals surface area contributed by atoms with Crippen molar-refractivity contribution in [2.24, 2.45) is 5.92 Å². The van der Waals surface area contributed by atoms with E-state index in [0.29, 0.717) is 24.7 Å². The summed E-state index contributed by atoms with van der Waals surface area (Å²) in [5.41, 5.74) is 1.11. The van der Waals surface area contributed by atoms with E-state index in [2.05, 4.69) is 5.32 Å². The van der Waals surface area contributed by atoms with E-state index in [1.807, 2.05) is 51.1 Å². The largest absolute Gasteiger partial charge is 0.494 e. The maximum absolute atomic E-state index is 15.2. The molecule has 0 saturated carbocycles. The van der Waals surface area contributed by atoms with Crippen LogP contribution in [0.15, 0.2) is 102 Å². The van der Waals surface area contributed by atoms with Gasteiger partial charge < -0.3 is 24.4 Å². The lowest BCUT2D eigenvalue weighted by Crippen LogP contribution is -2.53. The number of hydrogen-bond donors (Lipinski definition) is 1. The minimum Gasteiger partial charge on any atom is -0.494 e. The predicted molar refractivity (Wildman–Crippen MR) is 190 cm³/mol. The van der Waals surface area contributed by atoms with Crippen LogP contribution in [0.2, 0.25) is 0 Å². The third-order valence-corrected chi connectivity index (χ3v) is 9.68. The van der Waals surface area contributed by atoms with Gasteiger partial charge in [0.15, 0.2) is 11.5 Å². The Morgan fingerprint density at radius 2 is 1.52 bits per heavy atom. The molecule has 0 fully saturated rings. The molecule has 1 N–H and O–H groups in total. The zero-order chi connectivity index (χ0) is 36.3. The molecule has 0 aliphatic carbocycles. The zero-order valence-corrected chi connectivity index (χ0v) is 29.8. The second-order valence-electron chi connectivity index (χ2n) is 11.9. The number of halogens is 1. The molecule has 4 aromatic rings. The molecule has 12 heteroatoms. The zero-order valence-electron chi connectivity index (χ0n) is 29.0. The number of benzene rings is 4. The first-order valence-electron chi connectivity index (χ1n) is 16.3. The van der Waals surface area contributed by atoms with Gasteiger partial charge in [-0.1, -0.05) is 62.4 Å². The van der Waals surface area contributed by atoms with Gasteiger partial charge in [0.2, 0.25) is 11.8 Å². The number of amides is 2. The first kappa shape index (κ1) is 37.7. The Morgan fingerprint density at radius 1 is 0.860 bits per heavy atom. The number of rotatable bonds is 17. The maximum Gasteiger partial charge on any atom is 0.264 e. The van der Waals surface area contributed by atoms with Crippen LogP contribution in [-0.4, -0.2) is 65.1 Å². The fourth-order valence-corrected chi connectivity index (χ4v) is 6.73. The monoisotopic (exact) mass is 705 g/mol. The summed E-state index contributed by atoms with van der Waals surface area (Å²) in [5, 5.41) is 2.92. The number of nitrogens with one attached hydrogen (secondary N) is 1. The Morgan fingerprint density at radius 3 is 2.14 bits per heavy atom. The van der Waals surface area contributed by atoms with E-state index in [9.17, 15) is 18.0 Å². The minimum absolute atomic E-state index is 0.108. The topological polar surface area (TPSA) is 114 Å². The van der Waals surface area contributed by atoms with Gasteiger partial charge in [0.1, 0.15) is 24.2 Å². The van der Waals surface area contributed by atoms with Gasteiger partial charge >= 0.3 is 0 Å². The molecular weight excluding hydrogens is 661 g/mol. The molecule has 0 saturated heterocycles. The summed E-state index contributed by atoms with van der Waals surface area (Å²) in [5.74, 6) is -0.590. The third kappa shape index (κ3) is 9.53. The van der Waals surface area contributed by atoms with E-state index in [1.54, 1.807) is 18.2 Å². The predicted octanol–water partition coefficient (Wildman–Crippen LogP) is 5.85. The SMILES string of the molecule is CCOc1ccc(N(CC(=O)N(Cc2ccccc2F)C(Cc2ccccc2)C(=O)NCC(C)C)S(=O)(=O)c2ccc(OC)c(OC)c2)cc1. The second-order valence-corrected chi connectivity index (χ2v) is 13.8. The summed E-state index contributed by atoms with van der Waals surface area (Å²) < 4.78 is 61.2. The van der Waals surface area contributed by atoms with Crippen LogP contribution in [-0.2, 0) is 32.6 Å². The summed E-state index contributed by atoms with van der Waals surface area (Å²) in [6.45, 7) is 5.47. The fraction of sp³-hybridized carbons (Fsp3) is 0.316. The highest BCUT2D eigenvalue weighted by molar-refractivity contribution is 7.92. The molecular formula is C38H44FN3O7S. The highest BCUT2D eigenvalue weighted by atomic mass is 32.2. The highest BCUT2D eigenvalue weighted by Crippen LogP contribution is 2.33. The van der Waals surface area contributed by atoms with E-state index in [0.717, 1.165) is 9.87 Å². The summed E-state index contributed by atoms with van der Waals surface area (Å²) >= 11 is 0. The average molecular weight is 706 g/mol. The molecule has 50 heavy (non-hydrogen) atoms. The molecule has 1 atom stereocenters. The van der Waals surface area contributed by atoms with Crippen LogP contribution >= 0.6 is 0 Å². The lowest BCUT2D eigenvalue weighted by molar-refractivity contribution is -0.140. The van der Waals surface area contributed by atoms with Crippen molar-refractivity contribution in [2.45, 2.75) is 44.7 Å². The number of nitrogens with zero attached hydrogens (tertiary/aromatic N) is 2. The first-order valence-corrected chi connectivity index (χ1v) is 17.7. The van der Waals surface area contributed by atoms with E-state index < -0.39 is 40.2 Å². The third-order valence-electron chi connectivity index (χ3n) is 7.91. The van der Waals surface area contributed by atoms with Gasteiger partial charge in [-0.3, -0.25) is 13.9 Å². The lowest BCUT2D eigenvalue weighted by Gasteiger charge is -2.34. The normalized spacial score (nSPS) is 11.8. The molecule has 10 nitrogen and oxygen atoms in total. The highest BCUT2D eigenvalue weighted by Gasteiger charge is 2.35. The Bertz CT molecular complexity index is 1840. The summed E-state index contributed by atoms with van der Waals surface area (Å²) in [4.78, 5) is 29.6. The molecule has 0 spiro atoms. The van der Waals surface area contributed by atoms with Gasteiger partial charge in [0.05, 0.1) is 31.4 Å². The molecule has 4 rings (SSSR count).